The predicted molar refractivity (Wildman–Crippen MR) is 81.3 cm³/mol. The van der Waals surface area contributed by atoms with Crippen LogP contribution in [0.4, 0.5) is 0 Å². The Morgan fingerprint density at radius 2 is 2.38 bits per heavy atom. The van der Waals surface area contributed by atoms with Crippen LogP contribution in [-0.2, 0) is 9.53 Å². The third kappa shape index (κ3) is 5.28. The van der Waals surface area contributed by atoms with Crippen LogP contribution < -0.4 is 15.4 Å². The van der Waals surface area contributed by atoms with E-state index in [1.807, 2.05) is 18.2 Å². The number of ether oxygens (including phenoxy) is 2. The lowest BCUT2D eigenvalue weighted by Crippen LogP contribution is -2.49. The van der Waals surface area contributed by atoms with Crippen LogP contribution in [-0.4, -0.2) is 56.1 Å². The zero-order chi connectivity index (χ0) is 15.1. The van der Waals surface area contributed by atoms with E-state index in [1.54, 1.807) is 6.07 Å². The van der Waals surface area contributed by atoms with Gasteiger partial charge in [-0.3, -0.25) is 4.79 Å². The molecule has 1 heterocycles. The first-order valence-corrected chi connectivity index (χ1v) is 7.61. The molecule has 1 aromatic carbocycles. The van der Waals surface area contributed by atoms with Gasteiger partial charge in [0.2, 0.25) is 0 Å². The normalized spacial score (nSPS) is 19.8. The molecule has 1 saturated heterocycles. The molecule has 1 amide bonds. The molecule has 1 aliphatic rings. The zero-order valence-electron chi connectivity index (χ0n) is 11.5. The average Bonchev–Trinajstić information content (AvgIpc) is 2.52. The number of carbonyl (C=O) groups excluding carboxylic acids is 1. The van der Waals surface area contributed by atoms with Gasteiger partial charge in [0.15, 0.2) is 0 Å². The molecule has 1 fully saturated rings. The number of carbonyl (C=O) groups is 1. The van der Waals surface area contributed by atoms with Crippen LogP contribution in [0.5, 0.6) is 5.75 Å². The molecule has 6 nitrogen and oxygen atoms in total. The molecular formula is C14H19BrN2O4. The summed E-state index contributed by atoms with van der Waals surface area (Å²) in [7, 11) is 0. The van der Waals surface area contributed by atoms with Gasteiger partial charge >= 0.3 is 0 Å². The van der Waals surface area contributed by atoms with Gasteiger partial charge in [-0.1, -0.05) is 12.1 Å². The van der Waals surface area contributed by atoms with Crippen LogP contribution in [0.2, 0.25) is 0 Å². The number of rotatable bonds is 6. The molecule has 7 heteroatoms. The van der Waals surface area contributed by atoms with Crippen LogP contribution in [0.1, 0.15) is 0 Å². The monoisotopic (exact) mass is 358 g/mol. The van der Waals surface area contributed by atoms with E-state index in [0.717, 1.165) is 11.0 Å². The second-order valence-corrected chi connectivity index (χ2v) is 5.56. The molecule has 0 aliphatic carbocycles. The Balaban J connectivity index is 1.68. The summed E-state index contributed by atoms with van der Waals surface area (Å²) in [4.78, 5) is 11.8. The average molecular weight is 359 g/mol. The third-order valence-corrected chi connectivity index (χ3v) is 3.65. The highest BCUT2D eigenvalue weighted by Gasteiger charge is 2.22. The Bertz CT molecular complexity index is 466. The smallest absolute Gasteiger partial charge is 0.250 e. The molecule has 0 radical (unpaired) electrons. The SMILES string of the molecule is O=C(NC[C@H](O)COc1ccccc1Br)[C@H]1CNCCO1. The van der Waals surface area contributed by atoms with Crippen molar-refractivity contribution < 1.29 is 19.4 Å². The summed E-state index contributed by atoms with van der Waals surface area (Å²) >= 11 is 3.36. The van der Waals surface area contributed by atoms with Gasteiger partial charge < -0.3 is 25.2 Å². The van der Waals surface area contributed by atoms with Gasteiger partial charge in [-0.2, -0.15) is 0 Å². The number of benzene rings is 1. The quantitative estimate of drug-likeness (QED) is 0.681. The number of aliphatic hydroxyl groups is 1. The van der Waals surface area contributed by atoms with Crippen LogP contribution in [0.3, 0.4) is 0 Å². The topological polar surface area (TPSA) is 79.8 Å². The lowest BCUT2D eigenvalue weighted by Gasteiger charge is -2.23. The summed E-state index contributed by atoms with van der Waals surface area (Å²) in [6.45, 7) is 2.00. The van der Waals surface area contributed by atoms with Crippen LogP contribution >= 0.6 is 15.9 Å². The van der Waals surface area contributed by atoms with E-state index in [4.69, 9.17) is 9.47 Å². The molecule has 0 saturated carbocycles. The molecule has 0 bridgehead atoms. The van der Waals surface area contributed by atoms with E-state index < -0.39 is 12.2 Å². The van der Waals surface area contributed by atoms with Crippen molar-refractivity contribution in [1.29, 1.82) is 0 Å². The van der Waals surface area contributed by atoms with Gasteiger partial charge in [0.05, 0.1) is 11.1 Å². The van der Waals surface area contributed by atoms with Crippen LogP contribution in [0.15, 0.2) is 28.7 Å². The molecule has 0 spiro atoms. The largest absolute Gasteiger partial charge is 0.490 e. The van der Waals surface area contributed by atoms with Gasteiger partial charge in [0.25, 0.3) is 5.91 Å². The van der Waals surface area contributed by atoms with Gasteiger partial charge in [-0.15, -0.1) is 0 Å². The maximum atomic E-state index is 11.8. The number of hydrogen-bond donors (Lipinski definition) is 3. The highest BCUT2D eigenvalue weighted by atomic mass is 79.9. The molecule has 2 atom stereocenters. The Morgan fingerprint density at radius 1 is 1.57 bits per heavy atom. The maximum absolute atomic E-state index is 11.8. The molecular weight excluding hydrogens is 340 g/mol. The van der Waals surface area contributed by atoms with Gasteiger partial charge in [0.1, 0.15) is 24.6 Å². The van der Waals surface area contributed by atoms with Crippen LogP contribution in [0, 0.1) is 0 Å². The Hall–Kier alpha value is -1.15. The lowest BCUT2D eigenvalue weighted by molar-refractivity contribution is -0.134. The van der Waals surface area contributed by atoms with Crippen molar-refractivity contribution in [2.24, 2.45) is 0 Å². The van der Waals surface area contributed by atoms with E-state index in [2.05, 4.69) is 26.6 Å². The molecule has 116 valence electrons. The fraction of sp³-hybridized carbons (Fsp3) is 0.500. The molecule has 3 N–H and O–H groups in total. The lowest BCUT2D eigenvalue weighted by atomic mass is 10.2. The van der Waals surface area contributed by atoms with E-state index in [9.17, 15) is 9.90 Å². The van der Waals surface area contributed by atoms with Crippen molar-refractivity contribution in [3.05, 3.63) is 28.7 Å². The Morgan fingerprint density at radius 3 is 3.10 bits per heavy atom. The van der Waals surface area contributed by atoms with Crippen molar-refractivity contribution in [3.63, 3.8) is 0 Å². The Kier molecular flexibility index (Phi) is 6.44. The van der Waals surface area contributed by atoms with Crippen molar-refractivity contribution in [2.75, 3.05) is 32.8 Å². The first kappa shape index (κ1) is 16.2. The molecule has 1 aromatic rings. The second-order valence-electron chi connectivity index (χ2n) is 4.70. The van der Waals surface area contributed by atoms with Gasteiger partial charge in [-0.05, 0) is 28.1 Å². The summed E-state index contributed by atoms with van der Waals surface area (Å²) in [6, 6.07) is 7.39. The molecule has 0 unspecified atom stereocenters. The zero-order valence-corrected chi connectivity index (χ0v) is 13.1. The Labute approximate surface area is 131 Å². The van der Waals surface area contributed by atoms with Crippen molar-refractivity contribution in [2.45, 2.75) is 12.2 Å². The van der Waals surface area contributed by atoms with Gasteiger partial charge in [0, 0.05) is 19.6 Å². The fourth-order valence-electron chi connectivity index (χ4n) is 1.87. The number of hydrogen-bond acceptors (Lipinski definition) is 5. The first-order valence-electron chi connectivity index (χ1n) is 6.82. The minimum atomic E-state index is -0.780. The van der Waals surface area contributed by atoms with Gasteiger partial charge in [-0.25, -0.2) is 0 Å². The van der Waals surface area contributed by atoms with Crippen molar-refractivity contribution in [3.8, 4) is 5.75 Å². The summed E-state index contributed by atoms with van der Waals surface area (Å²) in [5.74, 6) is 0.435. The van der Waals surface area contributed by atoms with E-state index >= 15 is 0 Å². The fourth-order valence-corrected chi connectivity index (χ4v) is 2.27. The summed E-state index contributed by atoms with van der Waals surface area (Å²) in [5, 5.41) is 15.6. The summed E-state index contributed by atoms with van der Waals surface area (Å²) in [5.41, 5.74) is 0. The van der Waals surface area contributed by atoms with Crippen LogP contribution in [0.25, 0.3) is 0 Å². The van der Waals surface area contributed by atoms with E-state index in [-0.39, 0.29) is 19.1 Å². The van der Waals surface area contributed by atoms with Crippen molar-refractivity contribution in [1.82, 2.24) is 10.6 Å². The second kappa shape index (κ2) is 8.33. The summed E-state index contributed by atoms with van der Waals surface area (Å²) < 4.78 is 11.6. The molecule has 2 rings (SSSR count). The minimum Gasteiger partial charge on any atom is -0.490 e. The highest BCUT2D eigenvalue weighted by Crippen LogP contribution is 2.23. The number of nitrogens with one attached hydrogen (secondary N) is 2. The molecule has 21 heavy (non-hydrogen) atoms. The van der Waals surface area contributed by atoms with E-state index in [0.29, 0.717) is 18.9 Å². The number of para-hydroxylation sites is 1. The summed E-state index contributed by atoms with van der Waals surface area (Å²) in [6.07, 6.45) is -1.27. The first-order chi connectivity index (χ1) is 10.2. The highest BCUT2D eigenvalue weighted by molar-refractivity contribution is 9.10. The number of morpholine rings is 1. The number of amides is 1. The van der Waals surface area contributed by atoms with Crippen molar-refractivity contribution >= 4 is 21.8 Å². The molecule has 1 aliphatic heterocycles. The standard InChI is InChI=1S/C14H19BrN2O4/c15-11-3-1-2-4-12(11)21-9-10(18)7-17-14(19)13-8-16-5-6-20-13/h1-4,10,13,16,18H,5-9H2,(H,17,19)/t10-,13+/m0/s1. The minimum absolute atomic E-state index is 0.104. The number of aliphatic hydroxyl groups excluding tert-OH is 1. The molecule has 0 aromatic heterocycles. The van der Waals surface area contributed by atoms with E-state index in [1.165, 1.54) is 0 Å². The third-order valence-electron chi connectivity index (χ3n) is 3.00. The number of halogens is 1. The maximum Gasteiger partial charge on any atom is 0.250 e. The predicted octanol–water partition coefficient (Wildman–Crippen LogP) is 0.293.